The van der Waals surface area contributed by atoms with E-state index in [1.165, 1.54) is 11.1 Å². The number of carbonyl (C=O) groups excluding carboxylic acids is 1. The van der Waals surface area contributed by atoms with E-state index in [-0.39, 0.29) is 5.41 Å². The molecule has 0 aromatic heterocycles. The van der Waals surface area contributed by atoms with E-state index in [2.05, 4.69) is 45.0 Å². The Morgan fingerprint density at radius 2 is 1.78 bits per heavy atom. The van der Waals surface area contributed by atoms with Crippen molar-refractivity contribution in [2.24, 2.45) is 5.92 Å². The van der Waals surface area contributed by atoms with Crippen LogP contribution in [0.3, 0.4) is 0 Å². The molecule has 98 valence electrons. The summed E-state index contributed by atoms with van der Waals surface area (Å²) in [5.74, 6) is 0.912. The molecule has 1 aromatic carbocycles. The summed E-state index contributed by atoms with van der Waals surface area (Å²) in [6.45, 7) is 6.70. The van der Waals surface area contributed by atoms with Crippen LogP contribution in [0.5, 0.6) is 0 Å². The minimum absolute atomic E-state index is 0.223. The highest BCUT2D eigenvalue weighted by atomic mass is 16.1. The first-order valence-corrected chi connectivity index (χ1v) is 7.09. The second-order valence-electron chi connectivity index (χ2n) is 6.54. The first-order valence-electron chi connectivity index (χ1n) is 7.09. The molecule has 0 heterocycles. The Kier molecular flexibility index (Phi) is 3.89. The van der Waals surface area contributed by atoms with Gasteiger partial charge in [-0.1, -0.05) is 45.0 Å². The summed E-state index contributed by atoms with van der Waals surface area (Å²) in [7, 11) is 0. The van der Waals surface area contributed by atoms with Crippen LogP contribution in [0.15, 0.2) is 24.3 Å². The summed E-state index contributed by atoms with van der Waals surface area (Å²) in [6, 6.07) is 8.86. The molecule has 2 rings (SSSR count). The first-order chi connectivity index (χ1) is 8.47. The molecule has 0 radical (unpaired) electrons. The van der Waals surface area contributed by atoms with E-state index in [1.54, 1.807) is 0 Å². The molecule has 1 aromatic rings. The van der Waals surface area contributed by atoms with Gasteiger partial charge in [-0.05, 0) is 42.2 Å². The maximum absolute atomic E-state index is 11.6. The summed E-state index contributed by atoms with van der Waals surface area (Å²) < 4.78 is 0. The number of rotatable bonds is 5. The molecule has 0 aliphatic heterocycles. The Morgan fingerprint density at radius 1 is 1.17 bits per heavy atom. The van der Waals surface area contributed by atoms with E-state index in [0.717, 1.165) is 32.1 Å². The third-order valence-corrected chi connectivity index (χ3v) is 3.74. The van der Waals surface area contributed by atoms with Gasteiger partial charge in [0.25, 0.3) is 0 Å². The van der Waals surface area contributed by atoms with Crippen LogP contribution in [0.2, 0.25) is 0 Å². The van der Waals surface area contributed by atoms with Gasteiger partial charge in [-0.15, -0.1) is 0 Å². The summed E-state index contributed by atoms with van der Waals surface area (Å²) in [5, 5.41) is 0. The van der Waals surface area contributed by atoms with Gasteiger partial charge in [-0.2, -0.15) is 0 Å². The highest BCUT2D eigenvalue weighted by Crippen LogP contribution is 2.31. The van der Waals surface area contributed by atoms with Crippen molar-refractivity contribution < 1.29 is 4.79 Å². The van der Waals surface area contributed by atoms with Crippen molar-refractivity contribution in [1.29, 1.82) is 0 Å². The lowest BCUT2D eigenvalue weighted by Gasteiger charge is -2.19. The zero-order valence-electron chi connectivity index (χ0n) is 11.8. The van der Waals surface area contributed by atoms with Gasteiger partial charge in [0.15, 0.2) is 0 Å². The van der Waals surface area contributed by atoms with Gasteiger partial charge in [-0.25, -0.2) is 0 Å². The van der Waals surface area contributed by atoms with Crippen LogP contribution in [-0.2, 0) is 16.6 Å². The van der Waals surface area contributed by atoms with Crippen molar-refractivity contribution in [3.63, 3.8) is 0 Å². The molecule has 0 atom stereocenters. The number of ketones is 1. The highest BCUT2D eigenvalue weighted by molar-refractivity contribution is 5.83. The molecule has 0 saturated heterocycles. The van der Waals surface area contributed by atoms with Crippen LogP contribution in [0.4, 0.5) is 0 Å². The number of benzene rings is 1. The summed E-state index contributed by atoms with van der Waals surface area (Å²) in [4.78, 5) is 11.6. The first kappa shape index (κ1) is 13.3. The maximum atomic E-state index is 11.6. The van der Waals surface area contributed by atoms with E-state index < -0.39 is 0 Å². The predicted octanol–water partition coefficient (Wildman–Crippen LogP) is 4.29. The van der Waals surface area contributed by atoms with Crippen LogP contribution in [-0.4, -0.2) is 5.78 Å². The molecule has 0 bridgehead atoms. The fourth-order valence-corrected chi connectivity index (χ4v) is 2.25. The number of Topliss-reactive ketones (excluding diaryl/α,β-unsaturated/α-hetero) is 1. The molecule has 0 amide bonds. The normalized spacial score (nSPS) is 15.7. The summed E-state index contributed by atoms with van der Waals surface area (Å²) in [5.41, 5.74) is 2.95. The van der Waals surface area contributed by atoms with E-state index >= 15 is 0 Å². The third-order valence-electron chi connectivity index (χ3n) is 3.74. The maximum Gasteiger partial charge on any atom is 0.135 e. The van der Waals surface area contributed by atoms with Crippen molar-refractivity contribution in [2.45, 2.75) is 58.3 Å². The van der Waals surface area contributed by atoms with E-state index in [1.807, 2.05) is 0 Å². The van der Waals surface area contributed by atoms with Crippen molar-refractivity contribution in [3.05, 3.63) is 35.4 Å². The molecule has 1 heteroatoms. The van der Waals surface area contributed by atoms with Crippen molar-refractivity contribution >= 4 is 5.78 Å². The second-order valence-corrected chi connectivity index (χ2v) is 6.54. The zero-order valence-corrected chi connectivity index (χ0v) is 11.8. The molecule has 0 N–H and O–H groups in total. The van der Waals surface area contributed by atoms with Crippen LogP contribution in [0.1, 0.15) is 57.6 Å². The molecule has 1 aliphatic carbocycles. The van der Waals surface area contributed by atoms with E-state index in [4.69, 9.17) is 0 Å². The average molecular weight is 244 g/mol. The SMILES string of the molecule is CC(C)(C)c1ccc(CCCC(=O)C2CC2)cc1. The van der Waals surface area contributed by atoms with Crippen molar-refractivity contribution in [3.8, 4) is 0 Å². The number of carbonyl (C=O) groups is 1. The predicted molar refractivity (Wildman–Crippen MR) is 75.8 cm³/mol. The average Bonchev–Trinajstić information content (AvgIpc) is 3.12. The van der Waals surface area contributed by atoms with Gasteiger partial charge in [-0.3, -0.25) is 4.79 Å². The number of aryl methyl sites for hydroxylation is 1. The fourth-order valence-electron chi connectivity index (χ4n) is 2.25. The second kappa shape index (κ2) is 5.26. The molecule has 18 heavy (non-hydrogen) atoms. The smallest absolute Gasteiger partial charge is 0.135 e. The van der Waals surface area contributed by atoms with Crippen LogP contribution in [0.25, 0.3) is 0 Å². The van der Waals surface area contributed by atoms with Gasteiger partial charge in [0.05, 0.1) is 0 Å². The Bertz CT molecular complexity index is 404. The Labute approximate surface area is 111 Å². The van der Waals surface area contributed by atoms with E-state index in [9.17, 15) is 4.79 Å². The van der Waals surface area contributed by atoms with E-state index in [0.29, 0.717) is 11.7 Å². The van der Waals surface area contributed by atoms with Gasteiger partial charge >= 0.3 is 0 Å². The molecule has 0 spiro atoms. The van der Waals surface area contributed by atoms with Gasteiger partial charge in [0.2, 0.25) is 0 Å². The molecule has 1 fully saturated rings. The molecule has 1 aliphatic rings. The summed E-state index contributed by atoms with van der Waals surface area (Å²) in [6.07, 6.45) is 5.08. The molecule has 0 unspecified atom stereocenters. The highest BCUT2D eigenvalue weighted by Gasteiger charge is 2.28. The standard InChI is InChI=1S/C17H24O/c1-17(2,3)15-11-7-13(8-12-15)5-4-6-16(18)14-9-10-14/h7-8,11-12,14H,4-6,9-10H2,1-3H3. The van der Waals surface area contributed by atoms with Crippen LogP contribution < -0.4 is 0 Å². The Balaban J connectivity index is 1.81. The third kappa shape index (κ3) is 3.69. The topological polar surface area (TPSA) is 17.1 Å². The Morgan fingerprint density at radius 3 is 2.28 bits per heavy atom. The minimum Gasteiger partial charge on any atom is -0.299 e. The quantitative estimate of drug-likeness (QED) is 0.755. The van der Waals surface area contributed by atoms with Crippen molar-refractivity contribution in [1.82, 2.24) is 0 Å². The zero-order chi connectivity index (χ0) is 13.2. The number of hydrogen-bond donors (Lipinski definition) is 0. The van der Waals surface area contributed by atoms with Crippen LogP contribution >= 0.6 is 0 Å². The largest absolute Gasteiger partial charge is 0.299 e. The van der Waals surface area contributed by atoms with Gasteiger partial charge < -0.3 is 0 Å². The fraction of sp³-hybridized carbons (Fsp3) is 0.588. The van der Waals surface area contributed by atoms with Crippen molar-refractivity contribution in [2.75, 3.05) is 0 Å². The minimum atomic E-state index is 0.223. The van der Waals surface area contributed by atoms with Gasteiger partial charge in [0.1, 0.15) is 5.78 Å². The molecular weight excluding hydrogens is 220 g/mol. The summed E-state index contributed by atoms with van der Waals surface area (Å²) >= 11 is 0. The molecule has 1 saturated carbocycles. The lowest BCUT2D eigenvalue weighted by Crippen LogP contribution is -2.10. The van der Waals surface area contributed by atoms with Gasteiger partial charge in [0, 0.05) is 12.3 Å². The molecular formula is C17H24O. The Hall–Kier alpha value is -1.11. The molecule has 1 nitrogen and oxygen atoms in total. The lowest BCUT2D eigenvalue weighted by atomic mass is 9.86. The van der Waals surface area contributed by atoms with Crippen LogP contribution in [0, 0.1) is 5.92 Å². The monoisotopic (exact) mass is 244 g/mol. The number of hydrogen-bond acceptors (Lipinski definition) is 1. The lowest BCUT2D eigenvalue weighted by molar-refractivity contribution is -0.120.